The molecule has 108 valence electrons. The van der Waals surface area contributed by atoms with Crippen molar-refractivity contribution in [1.29, 1.82) is 0 Å². The Hall–Kier alpha value is -2.27. The van der Waals surface area contributed by atoms with Crippen LogP contribution in [0.3, 0.4) is 0 Å². The number of nitrogens with one attached hydrogen (secondary N) is 1. The largest absolute Gasteiger partial charge is 0.345 e. The van der Waals surface area contributed by atoms with Crippen molar-refractivity contribution in [2.45, 2.75) is 4.87 Å². The maximum absolute atomic E-state index is 12.8. The maximum atomic E-state index is 12.8. The van der Waals surface area contributed by atoms with Gasteiger partial charge in [0, 0.05) is 29.0 Å². The van der Waals surface area contributed by atoms with Gasteiger partial charge in [0.1, 0.15) is 4.87 Å². The van der Waals surface area contributed by atoms with Crippen LogP contribution in [-0.4, -0.2) is 33.1 Å². The third-order valence-corrected chi connectivity index (χ3v) is 6.05. The number of rotatable bonds is 1. The van der Waals surface area contributed by atoms with Crippen LogP contribution in [0.25, 0.3) is 11.0 Å². The molecular weight excluding hydrogens is 294 g/mol. The van der Waals surface area contributed by atoms with Gasteiger partial charge in [-0.1, -0.05) is 30.3 Å². The molecule has 1 N–H and O–H groups in total. The van der Waals surface area contributed by atoms with E-state index in [0.717, 1.165) is 40.0 Å². The number of carbonyl (C=O) groups excluding carboxylic acids is 1. The number of nitrogens with zero attached hydrogens (tertiary/aromatic N) is 2. The van der Waals surface area contributed by atoms with Gasteiger partial charge in [-0.2, -0.15) is 0 Å². The summed E-state index contributed by atoms with van der Waals surface area (Å²) in [6, 6.07) is 14.1. The Labute approximate surface area is 131 Å². The molecule has 2 aromatic carbocycles. The molecule has 0 spiro atoms. The number of aromatic nitrogens is 2. The van der Waals surface area contributed by atoms with Crippen molar-refractivity contribution < 1.29 is 4.79 Å². The van der Waals surface area contributed by atoms with E-state index in [-0.39, 0.29) is 5.91 Å². The number of thioether (sulfide) groups is 1. The second-order valence-electron chi connectivity index (χ2n) is 5.60. The second-order valence-corrected chi connectivity index (χ2v) is 6.89. The van der Waals surface area contributed by atoms with Gasteiger partial charge in [0.25, 0.3) is 5.91 Å². The number of hydrogen-bond acceptors (Lipinski definition) is 3. The van der Waals surface area contributed by atoms with Gasteiger partial charge in [-0.05, 0) is 12.1 Å². The van der Waals surface area contributed by atoms with Crippen LogP contribution >= 0.6 is 11.8 Å². The molecule has 0 radical (unpaired) electrons. The molecule has 1 amide bonds. The zero-order valence-corrected chi connectivity index (χ0v) is 12.6. The molecule has 2 aliphatic heterocycles. The third kappa shape index (κ3) is 1.30. The zero-order chi connectivity index (χ0) is 14.7. The predicted molar refractivity (Wildman–Crippen MR) is 86.8 cm³/mol. The van der Waals surface area contributed by atoms with Crippen molar-refractivity contribution in [3.05, 3.63) is 65.5 Å². The highest BCUT2D eigenvalue weighted by molar-refractivity contribution is 8.00. The highest BCUT2D eigenvalue weighted by Crippen LogP contribution is 2.56. The number of hydrogen-bond donors (Lipinski definition) is 1. The first kappa shape index (κ1) is 12.3. The van der Waals surface area contributed by atoms with Crippen molar-refractivity contribution in [1.82, 2.24) is 14.9 Å². The summed E-state index contributed by atoms with van der Waals surface area (Å²) >= 11 is 1.83. The molecule has 3 aromatic rings. The molecule has 0 aliphatic carbocycles. The molecule has 22 heavy (non-hydrogen) atoms. The molecule has 5 heteroatoms. The summed E-state index contributed by atoms with van der Waals surface area (Å²) in [6.07, 6.45) is 1.72. The Morgan fingerprint density at radius 3 is 2.95 bits per heavy atom. The molecule has 0 saturated carbocycles. The van der Waals surface area contributed by atoms with Crippen LogP contribution in [0.5, 0.6) is 0 Å². The molecule has 1 atom stereocenters. The number of para-hydroxylation sites is 1. The molecule has 2 aliphatic rings. The number of carbonyl (C=O) groups is 1. The lowest BCUT2D eigenvalue weighted by Gasteiger charge is -2.32. The van der Waals surface area contributed by atoms with E-state index in [1.807, 2.05) is 47.0 Å². The summed E-state index contributed by atoms with van der Waals surface area (Å²) in [4.78, 5) is 22.1. The monoisotopic (exact) mass is 307 g/mol. The van der Waals surface area contributed by atoms with Crippen LogP contribution in [0.15, 0.2) is 48.8 Å². The second kappa shape index (κ2) is 4.14. The van der Waals surface area contributed by atoms with Crippen LogP contribution in [-0.2, 0) is 4.87 Å². The van der Waals surface area contributed by atoms with Crippen molar-refractivity contribution in [2.24, 2.45) is 0 Å². The number of H-pyrrole nitrogens is 1. The van der Waals surface area contributed by atoms with E-state index in [1.165, 1.54) is 0 Å². The summed E-state index contributed by atoms with van der Waals surface area (Å²) in [5.41, 5.74) is 4.98. The summed E-state index contributed by atoms with van der Waals surface area (Å²) in [7, 11) is 0. The fraction of sp³-hybridized carbons (Fsp3) is 0.176. The van der Waals surface area contributed by atoms with E-state index >= 15 is 0 Å². The highest BCUT2D eigenvalue weighted by atomic mass is 32.2. The van der Waals surface area contributed by atoms with Gasteiger partial charge in [0.2, 0.25) is 0 Å². The fourth-order valence-electron chi connectivity index (χ4n) is 3.71. The Balaban J connectivity index is 1.89. The molecule has 5 rings (SSSR count). The average molecular weight is 307 g/mol. The predicted octanol–water partition coefficient (Wildman–Crippen LogP) is 2.97. The number of imidazole rings is 1. The Kier molecular flexibility index (Phi) is 2.31. The van der Waals surface area contributed by atoms with Crippen molar-refractivity contribution in [3.63, 3.8) is 0 Å². The van der Waals surface area contributed by atoms with Gasteiger partial charge in [0.15, 0.2) is 0 Å². The van der Waals surface area contributed by atoms with Gasteiger partial charge in [0.05, 0.1) is 17.4 Å². The van der Waals surface area contributed by atoms with E-state index in [1.54, 1.807) is 6.33 Å². The van der Waals surface area contributed by atoms with Crippen molar-refractivity contribution >= 4 is 28.7 Å². The summed E-state index contributed by atoms with van der Waals surface area (Å²) in [5, 5.41) is 0. The van der Waals surface area contributed by atoms with Crippen LogP contribution < -0.4 is 0 Å². The maximum Gasteiger partial charge on any atom is 0.255 e. The Morgan fingerprint density at radius 2 is 2.00 bits per heavy atom. The van der Waals surface area contributed by atoms with Crippen molar-refractivity contribution in [3.8, 4) is 0 Å². The molecule has 1 fully saturated rings. The number of amides is 1. The minimum Gasteiger partial charge on any atom is -0.345 e. The minimum atomic E-state index is -0.428. The van der Waals surface area contributed by atoms with E-state index in [9.17, 15) is 4.79 Å². The van der Waals surface area contributed by atoms with Gasteiger partial charge in [-0.25, -0.2) is 4.98 Å². The zero-order valence-electron chi connectivity index (χ0n) is 11.7. The first-order chi connectivity index (χ1) is 10.8. The van der Waals surface area contributed by atoms with Crippen LogP contribution in [0.1, 0.15) is 21.5 Å². The van der Waals surface area contributed by atoms with Crippen LogP contribution in [0, 0.1) is 0 Å². The van der Waals surface area contributed by atoms with E-state index in [4.69, 9.17) is 0 Å². The summed E-state index contributed by atoms with van der Waals surface area (Å²) in [5.74, 6) is 1.08. The van der Waals surface area contributed by atoms with Crippen molar-refractivity contribution in [2.75, 3.05) is 12.3 Å². The topological polar surface area (TPSA) is 49.0 Å². The average Bonchev–Trinajstić information content (AvgIpc) is 3.24. The Morgan fingerprint density at radius 1 is 1.14 bits per heavy atom. The lowest BCUT2D eigenvalue weighted by Crippen LogP contribution is -2.37. The minimum absolute atomic E-state index is 0.133. The normalized spacial score (nSPS) is 23.1. The summed E-state index contributed by atoms with van der Waals surface area (Å²) in [6.45, 7) is 0.777. The quantitative estimate of drug-likeness (QED) is 0.752. The first-order valence-corrected chi connectivity index (χ1v) is 8.29. The lowest BCUT2D eigenvalue weighted by molar-refractivity contribution is 0.0753. The van der Waals surface area contributed by atoms with Gasteiger partial charge in [-0.3, -0.25) is 4.79 Å². The fourth-order valence-corrected chi connectivity index (χ4v) is 5.26. The molecule has 1 aromatic heterocycles. The van der Waals surface area contributed by atoms with E-state index in [2.05, 4.69) is 22.1 Å². The standard InChI is InChI=1S/C17H13N3OS/c21-16-11-4-1-2-5-12(11)17(20(16)8-9-22-17)13-6-3-7-14-15(13)19-10-18-14/h1-7,10H,8-9H2,(H,18,19). The molecule has 3 heterocycles. The molecule has 4 nitrogen and oxygen atoms in total. The molecule has 1 saturated heterocycles. The number of benzene rings is 2. The van der Waals surface area contributed by atoms with Gasteiger partial charge < -0.3 is 9.88 Å². The first-order valence-electron chi connectivity index (χ1n) is 7.30. The van der Waals surface area contributed by atoms with E-state index in [0.29, 0.717) is 0 Å². The summed E-state index contributed by atoms with van der Waals surface area (Å²) < 4.78 is 0. The lowest BCUT2D eigenvalue weighted by atomic mass is 9.96. The SMILES string of the molecule is O=C1c2ccccc2C2(c3cccc4[nH]cnc34)SCCN12. The molecule has 1 unspecified atom stereocenters. The van der Waals surface area contributed by atoms with Crippen LogP contribution in [0.2, 0.25) is 0 Å². The van der Waals surface area contributed by atoms with Crippen LogP contribution in [0.4, 0.5) is 0 Å². The number of aromatic amines is 1. The highest BCUT2D eigenvalue weighted by Gasteiger charge is 2.55. The Bertz CT molecular complexity index is 919. The molecular formula is C17H13N3OS. The van der Waals surface area contributed by atoms with Gasteiger partial charge >= 0.3 is 0 Å². The number of fused-ring (bicyclic) bond motifs is 4. The van der Waals surface area contributed by atoms with E-state index < -0.39 is 4.87 Å². The van der Waals surface area contributed by atoms with Gasteiger partial charge in [-0.15, -0.1) is 11.8 Å². The smallest absolute Gasteiger partial charge is 0.255 e. The third-order valence-electron chi connectivity index (χ3n) is 4.59. The molecule has 0 bridgehead atoms.